The molecule has 0 heterocycles. The Morgan fingerprint density at radius 3 is 2.43 bits per heavy atom. The van der Waals surface area contributed by atoms with Gasteiger partial charge in [0, 0.05) is 16.8 Å². The molecule has 2 N–H and O–H groups in total. The van der Waals surface area contributed by atoms with Crippen LogP contribution in [0.5, 0.6) is 5.75 Å². The molecular formula is C15H14Cl2N2O2. The molecule has 0 saturated carbocycles. The number of halogens is 2. The summed E-state index contributed by atoms with van der Waals surface area (Å²) in [5.41, 5.74) is 2.05. The van der Waals surface area contributed by atoms with Crippen LogP contribution in [0.25, 0.3) is 0 Å². The van der Waals surface area contributed by atoms with Crippen molar-refractivity contribution in [3.05, 3.63) is 52.0 Å². The lowest BCUT2D eigenvalue weighted by Crippen LogP contribution is -2.20. The van der Waals surface area contributed by atoms with Crippen molar-refractivity contribution >= 4 is 40.6 Å². The molecule has 2 aromatic rings. The molecule has 0 saturated heterocycles. The average Bonchev–Trinajstić information content (AvgIpc) is 2.45. The molecule has 6 heteroatoms. The van der Waals surface area contributed by atoms with Gasteiger partial charge in [0.2, 0.25) is 0 Å². The van der Waals surface area contributed by atoms with Gasteiger partial charge in [-0.25, -0.2) is 4.79 Å². The number of nitrogens with one attached hydrogen (secondary N) is 2. The van der Waals surface area contributed by atoms with Gasteiger partial charge >= 0.3 is 6.03 Å². The van der Waals surface area contributed by atoms with Crippen LogP contribution in [0.15, 0.2) is 36.4 Å². The molecule has 0 aromatic heterocycles. The standard InChI is InChI=1S/C15H14Cl2N2O2/c1-9-3-4-10(16)7-14(9)19-15(20)18-13-6-5-11(21-2)8-12(13)17/h3-8H,1-2H3,(H2,18,19,20). The Morgan fingerprint density at radius 1 is 1.05 bits per heavy atom. The first-order valence-corrected chi connectivity index (χ1v) is 6.93. The summed E-state index contributed by atoms with van der Waals surface area (Å²) in [7, 11) is 1.55. The van der Waals surface area contributed by atoms with E-state index in [2.05, 4.69) is 10.6 Å². The molecule has 0 bridgehead atoms. The predicted octanol–water partition coefficient (Wildman–Crippen LogP) is 4.95. The Hall–Kier alpha value is -1.91. The molecule has 2 rings (SSSR count). The molecule has 2 amide bonds. The van der Waals surface area contributed by atoms with E-state index in [0.717, 1.165) is 5.56 Å². The second-order valence-electron chi connectivity index (χ2n) is 4.38. The van der Waals surface area contributed by atoms with Crippen molar-refractivity contribution in [1.29, 1.82) is 0 Å². The minimum Gasteiger partial charge on any atom is -0.497 e. The molecule has 21 heavy (non-hydrogen) atoms. The maximum absolute atomic E-state index is 12.0. The molecule has 0 unspecified atom stereocenters. The second kappa shape index (κ2) is 6.70. The fourth-order valence-corrected chi connectivity index (χ4v) is 2.12. The van der Waals surface area contributed by atoms with Crippen molar-refractivity contribution in [1.82, 2.24) is 0 Å². The number of methoxy groups -OCH3 is 1. The number of rotatable bonds is 3. The van der Waals surface area contributed by atoms with Gasteiger partial charge in [-0.05, 0) is 36.8 Å². The van der Waals surface area contributed by atoms with E-state index in [1.165, 1.54) is 0 Å². The van der Waals surface area contributed by atoms with Gasteiger partial charge in [0.1, 0.15) is 5.75 Å². The number of hydrogen-bond acceptors (Lipinski definition) is 2. The van der Waals surface area contributed by atoms with E-state index >= 15 is 0 Å². The normalized spacial score (nSPS) is 10.1. The first-order chi connectivity index (χ1) is 9.99. The number of hydrogen-bond donors (Lipinski definition) is 2. The fourth-order valence-electron chi connectivity index (χ4n) is 1.73. The molecule has 0 aliphatic carbocycles. The Morgan fingerprint density at radius 2 is 1.76 bits per heavy atom. The third kappa shape index (κ3) is 4.03. The van der Waals surface area contributed by atoms with Crippen LogP contribution in [0.1, 0.15) is 5.56 Å². The lowest BCUT2D eigenvalue weighted by Gasteiger charge is -2.11. The van der Waals surface area contributed by atoms with Crippen LogP contribution in [0, 0.1) is 6.92 Å². The lowest BCUT2D eigenvalue weighted by molar-refractivity contribution is 0.262. The van der Waals surface area contributed by atoms with Crippen LogP contribution >= 0.6 is 23.2 Å². The highest BCUT2D eigenvalue weighted by atomic mass is 35.5. The minimum atomic E-state index is -0.396. The van der Waals surface area contributed by atoms with Crippen molar-refractivity contribution in [2.45, 2.75) is 6.92 Å². The van der Waals surface area contributed by atoms with Gasteiger partial charge in [-0.2, -0.15) is 0 Å². The van der Waals surface area contributed by atoms with Gasteiger partial charge in [0.25, 0.3) is 0 Å². The number of urea groups is 1. The fraction of sp³-hybridized carbons (Fsp3) is 0.133. The smallest absolute Gasteiger partial charge is 0.323 e. The molecule has 0 aliphatic heterocycles. The van der Waals surface area contributed by atoms with Gasteiger partial charge in [0.15, 0.2) is 0 Å². The Kier molecular flexibility index (Phi) is 4.94. The van der Waals surface area contributed by atoms with Crippen LogP contribution in [0.2, 0.25) is 10.0 Å². The molecule has 0 fully saturated rings. The topological polar surface area (TPSA) is 50.4 Å². The summed E-state index contributed by atoms with van der Waals surface area (Å²) < 4.78 is 5.05. The third-order valence-electron chi connectivity index (χ3n) is 2.87. The molecule has 4 nitrogen and oxygen atoms in total. The molecule has 0 radical (unpaired) electrons. The molecular weight excluding hydrogens is 311 g/mol. The number of anilines is 2. The van der Waals surface area contributed by atoms with Crippen LogP contribution in [-0.2, 0) is 0 Å². The predicted molar refractivity (Wildman–Crippen MR) is 86.8 cm³/mol. The van der Waals surface area contributed by atoms with Crippen molar-refractivity contribution < 1.29 is 9.53 Å². The van der Waals surface area contributed by atoms with E-state index in [9.17, 15) is 4.79 Å². The first-order valence-electron chi connectivity index (χ1n) is 6.17. The van der Waals surface area contributed by atoms with Crippen molar-refractivity contribution in [3.8, 4) is 5.75 Å². The Balaban J connectivity index is 2.10. The van der Waals surface area contributed by atoms with Crippen molar-refractivity contribution in [2.75, 3.05) is 17.7 Å². The summed E-state index contributed by atoms with van der Waals surface area (Å²) >= 11 is 12.0. The second-order valence-corrected chi connectivity index (χ2v) is 5.23. The zero-order chi connectivity index (χ0) is 15.4. The largest absolute Gasteiger partial charge is 0.497 e. The van der Waals surface area contributed by atoms with Gasteiger partial charge in [0.05, 0.1) is 17.8 Å². The molecule has 2 aromatic carbocycles. The summed E-state index contributed by atoms with van der Waals surface area (Å²) in [6.45, 7) is 1.88. The van der Waals surface area contributed by atoms with Gasteiger partial charge in [-0.1, -0.05) is 29.3 Å². The van der Waals surface area contributed by atoms with Crippen LogP contribution in [0.3, 0.4) is 0 Å². The van der Waals surface area contributed by atoms with E-state index < -0.39 is 6.03 Å². The van der Waals surface area contributed by atoms with E-state index in [-0.39, 0.29) is 0 Å². The summed E-state index contributed by atoms with van der Waals surface area (Å²) in [6.07, 6.45) is 0. The molecule has 110 valence electrons. The summed E-state index contributed by atoms with van der Waals surface area (Å²) in [5, 5.41) is 6.36. The average molecular weight is 325 g/mol. The van der Waals surface area contributed by atoms with Crippen LogP contribution in [-0.4, -0.2) is 13.1 Å². The van der Waals surface area contributed by atoms with Crippen LogP contribution in [0.4, 0.5) is 16.2 Å². The van der Waals surface area contributed by atoms with E-state index in [1.54, 1.807) is 37.4 Å². The van der Waals surface area contributed by atoms with E-state index in [1.807, 2.05) is 13.0 Å². The summed E-state index contributed by atoms with van der Waals surface area (Å²) in [5.74, 6) is 0.622. The zero-order valence-corrected chi connectivity index (χ0v) is 13.0. The van der Waals surface area contributed by atoms with Gasteiger partial charge < -0.3 is 15.4 Å². The van der Waals surface area contributed by atoms with Gasteiger partial charge in [-0.3, -0.25) is 0 Å². The van der Waals surface area contributed by atoms with E-state index in [0.29, 0.717) is 27.2 Å². The third-order valence-corrected chi connectivity index (χ3v) is 3.42. The summed E-state index contributed by atoms with van der Waals surface area (Å²) in [4.78, 5) is 12.0. The molecule has 0 atom stereocenters. The van der Waals surface area contributed by atoms with E-state index in [4.69, 9.17) is 27.9 Å². The van der Waals surface area contributed by atoms with Crippen LogP contribution < -0.4 is 15.4 Å². The highest BCUT2D eigenvalue weighted by molar-refractivity contribution is 6.34. The number of amides is 2. The zero-order valence-electron chi connectivity index (χ0n) is 11.5. The SMILES string of the molecule is COc1ccc(NC(=O)Nc2cc(Cl)ccc2C)c(Cl)c1. The van der Waals surface area contributed by atoms with Crippen molar-refractivity contribution in [2.24, 2.45) is 0 Å². The quantitative estimate of drug-likeness (QED) is 0.838. The Bertz CT molecular complexity index is 675. The van der Waals surface area contributed by atoms with Crippen molar-refractivity contribution in [3.63, 3.8) is 0 Å². The number of benzene rings is 2. The minimum absolute atomic E-state index is 0.396. The highest BCUT2D eigenvalue weighted by Crippen LogP contribution is 2.27. The maximum atomic E-state index is 12.0. The number of carbonyl (C=O) groups excluding carboxylic acids is 1. The first kappa shape index (κ1) is 15.5. The van der Waals surface area contributed by atoms with Gasteiger partial charge in [-0.15, -0.1) is 0 Å². The highest BCUT2D eigenvalue weighted by Gasteiger charge is 2.08. The maximum Gasteiger partial charge on any atom is 0.323 e. The molecule has 0 spiro atoms. The summed E-state index contributed by atoms with van der Waals surface area (Å²) in [6, 6.07) is 9.90. The number of carbonyl (C=O) groups is 1. The Labute approximate surface area is 133 Å². The molecule has 0 aliphatic rings. The number of ether oxygens (including phenoxy) is 1. The number of aryl methyl sites for hydroxylation is 1. The lowest BCUT2D eigenvalue weighted by atomic mass is 10.2. The monoisotopic (exact) mass is 324 g/mol.